The van der Waals surface area contributed by atoms with Gasteiger partial charge in [0.25, 0.3) is 0 Å². The number of methoxy groups -OCH3 is 1. The Morgan fingerprint density at radius 3 is 2.38 bits per heavy atom. The van der Waals surface area contributed by atoms with E-state index in [1.54, 1.807) is 20.8 Å². The van der Waals surface area contributed by atoms with Gasteiger partial charge < -0.3 is 14.8 Å². The second-order valence-electron chi connectivity index (χ2n) is 7.64. The van der Waals surface area contributed by atoms with Gasteiger partial charge in [0.2, 0.25) is 5.91 Å². The number of ether oxygens (including phenoxy) is 2. The lowest BCUT2D eigenvalue weighted by molar-refractivity contribution is -0.135. The zero-order valence-electron chi connectivity index (χ0n) is 16.2. The third-order valence-corrected chi connectivity index (χ3v) is 3.85. The molecule has 148 valence electrons. The number of carbonyl (C=O) groups excluding carboxylic acids is 3. The molecule has 3 atom stereocenters. The predicted octanol–water partition coefficient (Wildman–Crippen LogP) is 2.20. The Morgan fingerprint density at radius 1 is 1.27 bits per heavy atom. The maximum absolute atomic E-state index is 13.9. The Bertz CT molecular complexity index is 556. The van der Waals surface area contributed by atoms with E-state index in [9.17, 15) is 18.8 Å². The highest BCUT2D eigenvalue weighted by Gasteiger charge is 2.42. The maximum Gasteiger partial charge on any atom is 0.411 e. The molecule has 1 aliphatic rings. The maximum atomic E-state index is 13.9. The zero-order chi connectivity index (χ0) is 20.1. The predicted molar refractivity (Wildman–Crippen MR) is 94.2 cm³/mol. The quantitative estimate of drug-likeness (QED) is 0.591. The van der Waals surface area contributed by atoms with Crippen LogP contribution in [-0.4, -0.2) is 60.4 Å². The molecule has 0 radical (unpaired) electrons. The highest BCUT2D eigenvalue weighted by Crippen LogP contribution is 2.24. The SMILES string of the molecule is COC(=O)C=CC(NC(=O)C1CC(F)CN1C(=O)OC(C)(C)C)C(C)C. The molecule has 1 rings (SSSR count). The van der Waals surface area contributed by atoms with Crippen molar-refractivity contribution in [2.75, 3.05) is 13.7 Å². The molecule has 1 saturated heterocycles. The monoisotopic (exact) mass is 372 g/mol. The molecule has 1 fully saturated rings. The van der Waals surface area contributed by atoms with Gasteiger partial charge in [0.05, 0.1) is 19.7 Å². The lowest BCUT2D eigenvalue weighted by Crippen LogP contribution is -2.50. The second kappa shape index (κ2) is 9.00. The van der Waals surface area contributed by atoms with Crippen LogP contribution in [0, 0.1) is 5.92 Å². The third kappa shape index (κ3) is 6.65. The smallest absolute Gasteiger partial charge is 0.411 e. The number of alkyl halides is 1. The standard InChI is InChI=1S/C18H29FN2O5/c1-11(2)13(7-8-15(22)25-6)20-16(23)14-9-12(19)10-21(14)17(24)26-18(3,4)5/h7-8,11-14H,9-10H2,1-6H3,(H,20,23). The highest BCUT2D eigenvalue weighted by molar-refractivity contribution is 5.87. The molecule has 0 bridgehead atoms. The largest absolute Gasteiger partial charge is 0.466 e. The van der Waals surface area contributed by atoms with Crippen LogP contribution in [0.15, 0.2) is 12.2 Å². The third-order valence-electron chi connectivity index (χ3n) is 3.85. The topological polar surface area (TPSA) is 84.9 Å². The first-order chi connectivity index (χ1) is 11.9. The van der Waals surface area contributed by atoms with E-state index in [1.807, 2.05) is 13.8 Å². The van der Waals surface area contributed by atoms with E-state index in [-0.39, 0.29) is 18.9 Å². The summed E-state index contributed by atoms with van der Waals surface area (Å²) in [6.45, 7) is 8.66. The van der Waals surface area contributed by atoms with E-state index < -0.39 is 41.8 Å². The molecular weight excluding hydrogens is 343 g/mol. The fraction of sp³-hybridized carbons (Fsp3) is 0.722. The van der Waals surface area contributed by atoms with Crippen molar-refractivity contribution in [1.29, 1.82) is 0 Å². The van der Waals surface area contributed by atoms with Crippen LogP contribution in [0.4, 0.5) is 9.18 Å². The zero-order valence-corrected chi connectivity index (χ0v) is 16.2. The molecular formula is C18H29FN2O5. The van der Waals surface area contributed by atoms with Gasteiger partial charge in [-0.2, -0.15) is 0 Å². The molecule has 0 aromatic heterocycles. The number of rotatable bonds is 5. The van der Waals surface area contributed by atoms with Crippen LogP contribution < -0.4 is 5.32 Å². The lowest BCUT2D eigenvalue weighted by atomic mass is 10.0. The van der Waals surface area contributed by atoms with Gasteiger partial charge in [0.1, 0.15) is 17.8 Å². The number of likely N-dealkylation sites (tertiary alicyclic amines) is 1. The Morgan fingerprint density at radius 2 is 1.88 bits per heavy atom. The van der Waals surface area contributed by atoms with Crippen LogP contribution in [-0.2, 0) is 19.1 Å². The number of esters is 1. The number of hydrogen-bond donors (Lipinski definition) is 1. The first-order valence-electron chi connectivity index (χ1n) is 8.64. The normalized spacial score (nSPS) is 21.8. The number of carbonyl (C=O) groups is 3. The summed E-state index contributed by atoms with van der Waals surface area (Å²) in [6.07, 6.45) is 0.652. The molecule has 0 spiro atoms. The van der Waals surface area contributed by atoms with Crippen LogP contribution in [0.3, 0.4) is 0 Å². The van der Waals surface area contributed by atoms with Crippen molar-refractivity contribution in [3.8, 4) is 0 Å². The minimum absolute atomic E-state index is 0.0163. The first kappa shape index (κ1) is 21.9. The first-order valence-corrected chi connectivity index (χ1v) is 8.64. The molecule has 1 aliphatic heterocycles. The number of amides is 2. The van der Waals surface area contributed by atoms with E-state index in [0.29, 0.717) is 0 Å². The van der Waals surface area contributed by atoms with Crippen LogP contribution in [0.1, 0.15) is 41.0 Å². The van der Waals surface area contributed by atoms with Gasteiger partial charge in [0.15, 0.2) is 0 Å². The molecule has 1 N–H and O–H groups in total. The van der Waals surface area contributed by atoms with E-state index in [4.69, 9.17) is 4.74 Å². The molecule has 3 unspecified atom stereocenters. The summed E-state index contributed by atoms with van der Waals surface area (Å²) in [6, 6.07) is -1.41. The fourth-order valence-electron chi connectivity index (χ4n) is 2.50. The van der Waals surface area contributed by atoms with Gasteiger partial charge in [-0.05, 0) is 26.7 Å². The summed E-state index contributed by atoms with van der Waals surface area (Å²) in [5, 5.41) is 2.76. The van der Waals surface area contributed by atoms with Crippen molar-refractivity contribution in [1.82, 2.24) is 10.2 Å². The number of nitrogens with one attached hydrogen (secondary N) is 1. The average molecular weight is 372 g/mol. The van der Waals surface area contributed by atoms with Gasteiger partial charge in [-0.25, -0.2) is 14.0 Å². The van der Waals surface area contributed by atoms with Crippen molar-refractivity contribution < 1.29 is 28.2 Å². The molecule has 0 aliphatic carbocycles. The average Bonchev–Trinajstić information content (AvgIpc) is 2.91. The molecule has 0 aromatic carbocycles. The Labute approximate surface area is 153 Å². The second-order valence-corrected chi connectivity index (χ2v) is 7.64. The van der Waals surface area contributed by atoms with E-state index in [2.05, 4.69) is 10.1 Å². The lowest BCUT2D eigenvalue weighted by Gasteiger charge is -2.29. The summed E-state index contributed by atoms with van der Waals surface area (Å²) < 4.78 is 23.7. The van der Waals surface area contributed by atoms with E-state index in [0.717, 1.165) is 4.90 Å². The minimum atomic E-state index is -1.29. The van der Waals surface area contributed by atoms with Crippen molar-refractivity contribution in [2.45, 2.75) is 64.9 Å². The van der Waals surface area contributed by atoms with Crippen molar-refractivity contribution in [3.05, 3.63) is 12.2 Å². The summed E-state index contributed by atoms with van der Waals surface area (Å²) >= 11 is 0. The fourth-order valence-corrected chi connectivity index (χ4v) is 2.50. The summed E-state index contributed by atoms with van der Waals surface area (Å²) in [4.78, 5) is 37.3. The number of halogens is 1. The van der Waals surface area contributed by atoms with Gasteiger partial charge in [-0.1, -0.05) is 19.9 Å². The van der Waals surface area contributed by atoms with Crippen LogP contribution in [0.25, 0.3) is 0 Å². The van der Waals surface area contributed by atoms with Crippen molar-refractivity contribution in [3.63, 3.8) is 0 Å². The number of hydrogen-bond acceptors (Lipinski definition) is 5. The minimum Gasteiger partial charge on any atom is -0.466 e. The Kier molecular flexibility index (Phi) is 7.59. The molecule has 1 heterocycles. The molecule has 7 nitrogen and oxygen atoms in total. The molecule has 2 amide bonds. The van der Waals surface area contributed by atoms with Crippen LogP contribution in [0.2, 0.25) is 0 Å². The van der Waals surface area contributed by atoms with Gasteiger partial charge in [0, 0.05) is 12.5 Å². The Hall–Kier alpha value is -2.12. The highest BCUT2D eigenvalue weighted by atomic mass is 19.1. The summed E-state index contributed by atoms with van der Waals surface area (Å²) in [5.41, 5.74) is -0.740. The Balaban J connectivity index is 2.85. The summed E-state index contributed by atoms with van der Waals surface area (Å²) in [5.74, 6) is -1.04. The van der Waals surface area contributed by atoms with Crippen LogP contribution >= 0.6 is 0 Å². The van der Waals surface area contributed by atoms with Gasteiger partial charge in [-0.15, -0.1) is 0 Å². The molecule has 8 heteroatoms. The van der Waals surface area contributed by atoms with E-state index in [1.165, 1.54) is 19.3 Å². The van der Waals surface area contributed by atoms with Gasteiger partial charge in [-0.3, -0.25) is 9.69 Å². The number of nitrogens with zero attached hydrogens (tertiary/aromatic N) is 1. The molecule has 26 heavy (non-hydrogen) atoms. The van der Waals surface area contributed by atoms with E-state index >= 15 is 0 Å². The van der Waals surface area contributed by atoms with Crippen molar-refractivity contribution in [2.24, 2.45) is 5.92 Å². The summed E-state index contributed by atoms with van der Waals surface area (Å²) in [7, 11) is 1.26. The van der Waals surface area contributed by atoms with Crippen LogP contribution in [0.5, 0.6) is 0 Å². The van der Waals surface area contributed by atoms with Gasteiger partial charge >= 0.3 is 12.1 Å². The molecule has 0 saturated carbocycles. The van der Waals surface area contributed by atoms with Crippen molar-refractivity contribution >= 4 is 18.0 Å². The molecule has 0 aromatic rings.